The highest BCUT2D eigenvalue weighted by molar-refractivity contribution is 7.80. The van der Waals surface area contributed by atoms with E-state index in [4.69, 9.17) is 28.6 Å². The Balaban J connectivity index is 1.85. The van der Waals surface area contributed by atoms with Gasteiger partial charge >= 0.3 is 0 Å². The Bertz CT molecular complexity index is 976. The van der Waals surface area contributed by atoms with Gasteiger partial charge in [0.25, 0.3) is 0 Å². The van der Waals surface area contributed by atoms with Gasteiger partial charge in [0.1, 0.15) is 5.75 Å². The maximum absolute atomic E-state index is 6.22. The van der Waals surface area contributed by atoms with E-state index in [9.17, 15) is 0 Å². The molecule has 3 nitrogen and oxygen atoms in total. The summed E-state index contributed by atoms with van der Waals surface area (Å²) < 4.78 is 5.20. The number of methoxy groups -OCH3 is 1. The first-order valence-electron chi connectivity index (χ1n) is 9.01. The first-order chi connectivity index (χ1) is 13.5. The highest BCUT2D eigenvalue weighted by Crippen LogP contribution is 2.28. The minimum absolute atomic E-state index is 0.0597. The molecule has 1 unspecified atom stereocenters. The van der Waals surface area contributed by atoms with Crippen LogP contribution in [0.5, 0.6) is 5.75 Å². The number of thiocarbonyl (C=S) groups is 1. The van der Waals surface area contributed by atoms with Crippen molar-refractivity contribution in [2.24, 2.45) is 0 Å². The number of hydrogen-bond acceptors (Lipinski definition) is 2. The quantitative estimate of drug-likeness (QED) is 0.502. The lowest BCUT2D eigenvalue weighted by molar-refractivity contribution is 0.415. The normalized spacial score (nSPS) is 11.6. The first-order valence-corrected chi connectivity index (χ1v) is 9.79. The van der Waals surface area contributed by atoms with Crippen LogP contribution in [-0.2, 0) is 0 Å². The third-order valence-corrected chi connectivity index (χ3v) is 5.07. The van der Waals surface area contributed by atoms with Crippen molar-refractivity contribution >= 4 is 34.6 Å². The zero-order valence-electron chi connectivity index (χ0n) is 16.1. The van der Waals surface area contributed by atoms with Crippen LogP contribution in [0.4, 0.5) is 5.69 Å². The Morgan fingerprint density at radius 2 is 1.75 bits per heavy atom. The van der Waals surface area contributed by atoms with E-state index in [2.05, 4.69) is 54.8 Å². The first kappa shape index (κ1) is 20.2. The molecular formula is C23H23ClN2OS. The van der Waals surface area contributed by atoms with E-state index in [1.165, 1.54) is 16.7 Å². The summed E-state index contributed by atoms with van der Waals surface area (Å²) in [6, 6.07) is 22.2. The number of nitrogens with one attached hydrogen (secondary N) is 2. The number of aryl methyl sites for hydroxylation is 2. The van der Waals surface area contributed by atoms with E-state index in [0.717, 1.165) is 11.3 Å². The molecular weight excluding hydrogens is 388 g/mol. The number of benzene rings is 3. The lowest BCUT2D eigenvalue weighted by Crippen LogP contribution is -2.33. The van der Waals surface area contributed by atoms with Gasteiger partial charge in [0.15, 0.2) is 5.11 Å². The molecule has 3 rings (SSSR count). The van der Waals surface area contributed by atoms with Gasteiger partial charge in [0.2, 0.25) is 0 Å². The van der Waals surface area contributed by atoms with E-state index < -0.39 is 0 Å². The lowest BCUT2D eigenvalue weighted by Gasteiger charge is -2.24. The minimum atomic E-state index is -0.0597. The molecule has 144 valence electrons. The van der Waals surface area contributed by atoms with Gasteiger partial charge in [-0.05, 0) is 61.0 Å². The second kappa shape index (κ2) is 9.09. The van der Waals surface area contributed by atoms with Gasteiger partial charge in [0, 0.05) is 5.69 Å². The van der Waals surface area contributed by atoms with Crippen molar-refractivity contribution in [3.8, 4) is 5.75 Å². The summed E-state index contributed by atoms with van der Waals surface area (Å²) in [5.74, 6) is 0.628. The molecule has 3 aromatic carbocycles. The van der Waals surface area contributed by atoms with Gasteiger partial charge in [-0.3, -0.25) is 0 Å². The monoisotopic (exact) mass is 410 g/mol. The molecule has 1 atom stereocenters. The fourth-order valence-corrected chi connectivity index (χ4v) is 3.67. The molecule has 0 heterocycles. The van der Waals surface area contributed by atoms with E-state index in [-0.39, 0.29) is 6.04 Å². The summed E-state index contributed by atoms with van der Waals surface area (Å²) in [6.45, 7) is 4.22. The van der Waals surface area contributed by atoms with Gasteiger partial charge in [-0.25, -0.2) is 0 Å². The SMILES string of the molecule is COc1ccc(NC(=S)NC(c2ccccc2)c2ccc(C)cc2C)cc1Cl. The average molecular weight is 411 g/mol. The molecule has 28 heavy (non-hydrogen) atoms. The van der Waals surface area contributed by atoms with Gasteiger partial charge < -0.3 is 15.4 Å². The zero-order chi connectivity index (χ0) is 20.1. The van der Waals surface area contributed by atoms with Crippen LogP contribution >= 0.6 is 23.8 Å². The molecule has 0 bridgehead atoms. The van der Waals surface area contributed by atoms with E-state index >= 15 is 0 Å². The summed E-state index contributed by atoms with van der Waals surface area (Å²) in [5, 5.41) is 7.72. The number of anilines is 1. The zero-order valence-corrected chi connectivity index (χ0v) is 17.7. The van der Waals surface area contributed by atoms with Gasteiger partial charge in [-0.2, -0.15) is 0 Å². The Morgan fingerprint density at radius 1 is 1.00 bits per heavy atom. The van der Waals surface area contributed by atoms with E-state index in [0.29, 0.717) is 15.9 Å². The van der Waals surface area contributed by atoms with Crippen LogP contribution in [0.2, 0.25) is 5.02 Å². The molecule has 0 aliphatic rings. The molecule has 3 aromatic rings. The summed E-state index contributed by atoms with van der Waals surface area (Å²) >= 11 is 11.8. The molecule has 0 saturated heterocycles. The van der Waals surface area contributed by atoms with Crippen LogP contribution in [0.1, 0.15) is 28.3 Å². The van der Waals surface area contributed by atoms with Gasteiger partial charge in [-0.15, -0.1) is 0 Å². The lowest BCUT2D eigenvalue weighted by atomic mass is 9.94. The third-order valence-electron chi connectivity index (χ3n) is 4.55. The Hall–Kier alpha value is -2.56. The summed E-state index contributed by atoms with van der Waals surface area (Å²) in [6.07, 6.45) is 0. The maximum Gasteiger partial charge on any atom is 0.171 e. The minimum Gasteiger partial charge on any atom is -0.495 e. The van der Waals surface area contributed by atoms with Crippen molar-refractivity contribution in [3.05, 3.63) is 94.0 Å². The van der Waals surface area contributed by atoms with Crippen molar-refractivity contribution in [2.75, 3.05) is 12.4 Å². The van der Waals surface area contributed by atoms with Crippen LogP contribution in [-0.4, -0.2) is 12.2 Å². The third kappa shape index (κ3) is 4.83. The van der Waals surface area contributed by atoms with Gasteiger partial charge in [0.05, 0.1) is 18.2 Å². The van der Waals surface area contributed by atoms with Crippen LogP contribution < -0.4 is 15.4 Å². The molecule has 0 radical (unpaired) electrons. The molecule has 0 aromatic heterocycles. The van der Waals surface area contributed by atoms with Crippen molar-refractivity contribution in [1.29, 1.82) is 0 Å². The van der Waals surface area contributed by atoms with Crippen molar-refractivity contribution in [3.63, 3.8) is 0 Å². The number of halogens is 1. The van der Waals surface area contributed by atoms with Crippen LogP contribution in [0.15, 0.2) is 66.7 Å². The van der Waals surface area contributed by atoms with Crippen LogP contribution in [0.25, 0.3) is 0 Å². The maximum atomic E-state index is 6.22. The second-order valence-corrected chi connectivity index (χ2v) is 7.47. The molecule has 0 aliphatic heterocycles. The topological polar surface area (TPSA) is 33.3 Å². The van der Waals surface area contributed by atoms with E-state index in [1.54, 1.807) is 13.2 Å². The van der Waals surface area contributed by atoms with Crippen LogP contribution in [0.3, 0.4) is 0 Å². The second-order valence-electron chi connectivity index (χ2n) is 6.65. The van der Waals surface area contributed by atoms with Gasteiger partial charge in [-0.1, -0.05) is 65.7 Å². The fourth-order valence-electron chi connectivity index (χ4n) is 3.18. The number of hydrogen-bond donors (Lipinski definition) is 2. The molecule has 0 aliphatic carbocycles. The Kier molecular flexibility index (Phi) is 6.55. The Labute approximate surface area is 176 Å². The average Bonchev–Trinajstić information content (AvgIpc) is 2.67. The highest BCUT2D eigenvalue weighted by atomic mass is 35.5. The van der Waals surface area contributed by atoms with Crippen LogP contribution in [0, 0.1) is 13.8 Å². The molecule has 0 saturated carbocycles. The molecule has 0 spiro atoms. The number of ether oxygens (including phenoxy) is 1. The van der Waals surface area contributed by atoms with Crippen molar-refractivity contribution in [2.45, 2.75) is 19.9 Å². The smallest absolute Gasteiger partial charge is 0.171 e. The summed E-state index contributed by atoms with van der Waals surface area (Å²) in [4.78, 5) is 0. The van der Waals surface area contributed by atoms with Crippen molar-refractivity contribution in [1.82, 2.24) is 5.32 Å². The largest absolute Gasteiger partial charge is 0.495 e. The standard InChI is InChI=1S/C23H23ClN2OS/c1-15-9-11-19(16(2)13-15)22(17-7-5-4-6-8-17)26-23(28)25-18-10-12-21(27-3)20(24)14-18/h4-14,22H,1-3H3,(H2,25,26,28). The molecule has 0 fully saturated rings. The number of rotatable bonds is 5. The molecule has 5 heteroatoms. The fraction of sp³-hybridized carbons (Fsp3) is 0.174. The van der Waals surface area contributed by atoms with Crippen molar-refractivity contribution < 1.29 is 4.74 Å². The molecule has 2 N–H and O–H groups in total. The summed E-state index contributed by atoms with van der Waals surface area (Å²) in [5.41, 5.74) is 5.59. The Morgan fingerprint density at radius 3 is 2.39 bits per heavy atom. The molecule has 0 amide bonds. The predicted octanol–water partition coefficient (Wildman–Crippen LogP) is 6.04. The predicted molar refractivity (Wildman–Crippen MR) is 122 cm³/mol. The summed E-state index contributed by atoms with van der Waals surface area (Å²) in [7, 11) is 1.59. The van der Waals surface area contributed by atoms with E-state index in [1.807, 2.05) is 30.3 Å². The highest BCUT2D eigenvalue weighted by Gasteiger charge is 2.17.